The van der Waals surface area contributed by atoms with Crippen LogP contribution in [-0.2, 0) is 16.1 Å². The standard InChI is InChI=1S/C21H27N3O3/c1-5-27-20(26)11-18(15-7-6-13(2)16(10-15)12-25)17-8-9-19(23-4)21(24-22)14(17)3/h6-10,18,22-23,25H,5,11-12H2,1-4H3/t18-/m1/s1. The predicted octanol–water partition coefficient (Wildman–Crippen LogP) is 4.59. The van der Waals surface area contributed by atoms with E-state index in [4.69, 9.17) is 10.3 Å². The molecule has 27 heavy (non-hydrogen) atoms. The number of aryl methyl sites for hydroxylation is 1. The summed E-state index contributed by atoms with van der Waals surface area (Å²) in [4.78, 5) is 12.3. The minimum Gasteiger partial charge on any atom is -0.466 e. The summed E-state index contributed by atoms with van der Waals surface area (Å²) in [7, 11) is 1.78. The number of nitrogens with one attached hydrogen (secondary N) is 2. The number of hydrogen-bond acceptors (Lipinski definition) is 6. The molecule has 0 amide bonds. The molecule has 6 nitrogen and oxygen atoms in total. The number of rotatable bonds is 8. The second-order valence-electron chi connectivity index (χ2n) is 6.44. The summed E-state index contributed by atoms with van der Waals surface area (Å²) in [6.07, 6.45) is 0.180. The summed E-state index contributed by atoms with van der Waals surface area (Å²) in [5.74, 6) is -0.531. The fourth-order valence-corrected chi connectivity index (χ4v) is 3.31. The van der Waals surface area contributed by atoms with Gasteiger partial charge in [0.1, 0.15) is 5.69 Å². The monoisotopic (exact) mass is 369 g/mol. The highest BCUT2D eigenvalue weighted by Gasteiger charge is 2.23. The summed E-state index contributed by atoms with van der Waals surface area (Å²) in [5.41, 5.74) is 13.4. The van der Waals surface area contributed by atoms with Crippen LogP contribution in [0.15, 0.2) is 35.4 Å². The van der Waals surface area contributed by atoms with Crippen LogP contribution >= 0.6 is 0 Å². The normalized spacial score (nSPS) is 11.7. The Balaban J connectivity index is 2.60. The lowest BCUT2D eigenvalue weighted by Gasteiger charge is -2.22. The van der Waals surface area contributed by atoms with E-state index < -0.39 is 0 Å². The van der Waals surface area contributed by atoms with E-state index in [0.29, 0.717) is 12.3 Å². The maximum atomic E-state index is 12.3. The number of anilines is 1. The number of benzene rings is 2. The van der Waals surface area contributed by atoms with Crippen molar-refractivity contribution in [2.75, 3.05) is 19.0 Å². The Morgan fingerprint density at radius 3 is 2.63 bits per heavy atom. The molecule has 2 aromatic rings. The SMILES string of the molecule is CCOC(=O)C[C@H](c1ccc(C)c(CO)c1)c1ccc(NC)c(N=N)c1C. The summed E-state index contributed by atoms with van der Waals surface area (Å²) < 4.78 is 5.18. The van der Waals surface area contributed by atoms with Gasteiger partial charge in [0, 0.05) is 13.0 Å². The van der Waals surface area contributed by atoms with E-state index in [0.717, 1.165) is 33.5 Å². The molecule has 1 atom stereocenters. The zero-order valence-corrected chi connectivity index (χ0v) is 16.3. The van der Waals surface area contributed by atoms with Crippen LogP contribution in [-0.4, -0.2) is 24.7 Å². The average molecular weight is 369 g/mol. The molecule has 0 spiro atoms. The summed E-state index contributed by atoms with van der Waals surface area (Å²) in [6.45, 7) is 5.90. The van der Waals surface area contributed by atoms with Gasteiger partial charge in [-0.2, -0.15) is 5.11 Å². The highest BCUT2D eigenvalue weighted by molar-refractivity contribution is 5.74. The molecule has 0 radical (unpaired) electrons. The number of aliphatic hydroxyl groups excluding tert-OH is 1. The van der Waals surface area contributed by atoms with Gasteiger partial charge in [0.05, 0.1) is 25.3 Å². The first-order valence-electron chi connectivity index (χ1n) is 9.01. The second kappa shape index (κ2) is 9.28. The average Bonchev–Trinajstić information content (AvgIpc) is 2.66. The lowest BCUT2D eigenvalue weighted by molar-refractivity contribution is -0.143. The molecule has 0 unspecified atom stereocenters. The van der Waals surface area contributed by atoms with Crippen LogP contribution in [0.1, 0.15) is 47.1 Å². The molecule has 0 aliphatic rings. The zero-order chi connectivity index (χ0) is 20.0. The largest absolute Gasteiger partial charge is 0.466 e. The zero-order valence-electron chi connectivity index (χ0n) is 16.3. The number of carbonyl (C=O) groups is 1. The fraction of sp³-hybridized carbons (Fsp3) is 0.381. The molecule has 2 rings (SSSR count). The number of aliphatic hydroxyl groups is 1. The molecule has 0 saturated heterocycles. The van der Waals surface area contributed by atoms with Gasteiger partial charge in [-0.05, 0) is 54.7 Å². The predicted molar refractivity (Wildman–Crippen MR) is 106 cm³/mol. The van der Waals surface area contributed by atoms with E-state index in [2.05, 4.69) is 10.4 Å². The van der Waals surface area contributed by atoms with Crippen LogP contribution < -0.4 is 5.32 Å². The van der Waals surface area contributed by atoms with Crippen molar-refractivity contribution >= 4 is 17.3 Å². The quantitative estimate of drug-likeness (QED) is 0.469. The third-order valence-electron chi connectivity index (χ3n) is 4.85. The van der Waals surface area contributed by atoms with Crippen molar-refractivity contribution in [3.05, 3.63) is 58.1 Å². The first-order chi connectivity index (χ1) is 13.0. The molecule has 6 heteroatoms. The van der Waals surface area contributed by atoms with Crippen molar-refractivity contribution in [3.8, 4) is 0 Å². The van der Waals surface area contributed by atoms with E-state index in [-0.39, 0.29) is 24.9 Å². The van der Waals surface area contributed by atoms with Gasteiger partial charge in [0.2, 0.25) is 0 Å². The molecule has 0 saturated carbocycles. The molecular weight excluding hydrogens is 342 g/mol. The van der Waals surface area contributed by atoms with Gasteiger partial charge in [-0.15, -0.1) is 0 Å². The Bertz CT molecular complexity index is 834. The van der Waals surface area contributed by atoms with Crippen molar-refractivity contribution in [3.63, 3.8) is 0 Å². The van der Waals surface area contributed by atoms with Gasteiger partial charge in [0.15, 0.2) is 0 Å². The van der Waals surface area contributed by atoms with Crippen molar-refractivity contribution < 1.29 is 14.6 Å². The van der Waals surface area contributed by atoms with Gasteiger partial charge in [-0.25, -0.2) is 5.53 Å². The fourth-order valence-electron chi connectivity index (χ4n) is 3.31. The van der Waals surface area contributed by atoms with Crippen molar-refractivity contribution in [1.29, 1.82) is 5.53 Å². The van der Waals surface area contributed by atoms with E-state index in [1.54, 1.807) is 14.0 Å². The van der Waals surface area contributed by atoms with Crippen molar-refractivity contribution in [2.24, 2.45) is 5.11 Å². The molecule has 0 fully saturated rings. The van der Waals surface area contributed by atoms with Crippen molar-refractivity contribution in [1.82, 2.24) is 0 Å². The Hall–Kier alpha value is -2.73. The van der Waals surface area contributed by atoms with Crippen LogP contribution in [0.5, 0.6) is 0 Å². The van der Waals surface area contributed by atoms with E-state index in [9.17, 15) is 9.90 Å². The molecule has 0 aromatic heterocycles. The topological polar surface area (TPSA) is 94.8 Å². The third kappa shape index (κ3) is 4.52. The minimum absolute atomic E-state index is 0.0588. The number of esters is 1. The Morgan fingerprint density at radius 2 is 2.04 bits per heavy atom. The molecule has 3 N–H and O–H groups in total. The molecular formula is C21H27N3O3. The molecule has 0 heterocycles. The van der Waals surface area contributed by atoms with Crippen LogP contribution in [0.25, 0.3) is 0 Å². The van der Waals surface area contributed by atoms with Crippen LogP contribution in [0.2, 0.25) is 0 Å². The maximum Gasteiger partial charge on any atom is 0.306 e. The van der Waals surface area contributed by atoms with Gasteiger partial charge in [-0.3, -0.25) is 4.79 Å². The Labute approximate surface area is 160 Å². The first kappa shape index (κ1) is 20.6. The number of nitrogens with zero attached hydrogens (tertiary/aromatic N) is 1. The van der Waals surface area contributed by atoms with Crippen LogP contribution in [0.4, 0.5) is 11.4 Å². The van der Waals surface area contributed by atoms with Crippen molar-refractivity contribution in [2.45, 2.75) is 39.7 Å². The van der Waals surface area contributed by atoms with Gasteiger partial charge < -0.3 is 15.2 Å². The Morgan fingerprint density at radius 1 is 1.30 bits per heavy atom. The minimum atomic E-state index is -0.282. The number of hydrogen-bond donors (Lipinski definition) is 3. The van der Waals surface area contributed by atoms with Gasteiger partial charge in [0.25, 0.3) is 0 Å². The Kier molecular flexibility index (Phi) is 7.07. The van der Waals surface area contributed by atoms with E-state index in [1.165, 1.54) is 0 Å². The molecule has 144 valence electrons. The first-order valence-corrected chi connectivity index (χ1v) is 9.01. The lowest BCUT2D eigenvalue weighted by Crippen LogP contribution is -2.13. The highest BCUT2D eigenvalue weighted by Crippen LogP contribution is 2.38. The molecule has 0 aliphatic heterocycles. The second-order valence-corrected chi connectivity index (χ2v) is 6.44. The van der Waals surface area contributed by atoms with Crippen LogP contribution in [0, 0.1) is 19.4 Å². The van der Waals surface area contributed by atoms with E-state index in [1.807, 2.05) is 44.2 Å². The third-order valence-corrected chi connectivity index (χ3v) is 4.85. The summed E-state index contributed by atoms with van der Waals surface area (Å²) in [5, 5.41) is 16.3. The summed E-state index contributed by atoms with van der Waals surface area (Å²) >= 11 is 0. The highest BCUT2D eigenvalue weighted by atomic mass is 16.5. The lowest BCUT2D eigenvalue weighted by atomic mass is 9.84. The van der Waals surface area contributed by atoms with Crippen LogP contribution in [0.3, 0.4) is 0 Å². The van der Waals surface area contributed by atoms with Gasteiger partial charge in [-0.1, -0.05) is 24.3 Å². The molecule has 0 bridgehead atoms. The number of ether oxygens (including phenoxy) is 1. The molecule has 2 aromatic carbocycles. The number of carbonyl (C=O) groups excluding carboxylic acids is 1. The summed E-state index contributed by atoms with van der Waals surface area (Å²) in [6, 6.07) is 9.68. The smallest absolute Gasteiger partial charge is 0.306 e. The van der Waals surface area contributed by atoms with Gasteiger partial charge >= 0.3 is 5.97 Å². The van der Waals surface area contributed by atoms with E-state index >= 15 is 0 Å². The molecule has 0 aliphatic carbocycles. The maximum absolute atomic E-state index is 12.3.